The zero-order valence-electron chi connectivity index (χ0n) is 13.5. The zero-order chi connectivity index (χ0) is 19.6. The highest BCUT2D eigenvalue weighted by molar-refractivity contribution is 5.93. The van der Waals surface area contributed by atoms with Crippen molar-refractivity contribution in [2.24, 2.45) is 5.73 Å². The normalized spacial score (nSPS) is 13.9. The average Bonchev–Trinajstić information content (AvgIpc) is 2.54. The molecule has 0 aliphatic heterocycles. The Bertz CT molecular complexity index is 524. The number of hydrogen-bond donors (Lipinski definition) is 7. The highest BCUT2D eigenvalue weighted by Gasteiger charge is 2.26. The summed E-state index contributed by atoms with van der Waals surface area (Å²) in [5, 5.41) is 32.4. The van der Waals surface area contributed by atoms with E-state index in [1.807, 2.05) is 5.32 Å². The second-order valence-electron chi connectivity index (χ2n) is 5.12. The average molecular weight is 362 g/mol. The molecule has 0 aromatic heterocycles. The van der Waals surface area contributed by atoms with Gasteiger partial charge in [0.05, 0.1) is 6.61 Å². The molecular weight excluding hydrogens is 340 g/mol. The molecule has 12 heteroatoms. The Morgan fingerprint density at radius 3 is 2.04 bits per heavy atom. The summed E-state index contributed by atoms with van der Waals surface area (Å²) in [6.45, 7) is -0.0321. The van der Waals surface area contributed by atoms with Crippen LogP contribution in [0.25, 0.3) is 0 Å². The molecule has 12 nitrogen and oxygen atoms in total. The molecule has 3 atom stereocenters. The molecule has 0 aromatic rings. The molecule has 0 heterocycles. The third kappa shape index (κ3) is 9.22. The zero-order valence-corrected chi connectivity index (χ0v) is 13.5. The van der Waals surface area contributed by atoms with E-state index in [2.05, 4.69) is 10.6 Å². The Kier molecular flexibility index (Phi) is 9.74. The summed E-state index contributed by atoms with van der Waals surface area (Å²) >= 11 is 0. The van der Waals surface area contributed by atoms with Crippen molar-refractivity contribution in [1.82, 2.24) is 16.0 Å². The second-order valence-corrected chi connectivity index (χ2v) is 5.12. The molecule has 3 amide bonds. The summed E-state index contributed by atoms with van der Waals surface area (Å²) in [6, 6.07) is -3.64. The van der Waals surface area contributed by atoms with E-state index in [1.165, 1.54) is 6.92 Å². The summed E-state index contributed by atoms with van der Waals surface area (Å²) in [4.78, 5) is 56.5. The Morgan fingerprint density at radius 2 is 1.56 bits per heavy atom. The van der Waals surface area contributed by atoms with Crippen molar-refractivity contribution in [3.8, 4) is 0 Å². The second kappa shape index (κ2) is 10.9. The van der Waals surface area contributed by atoms with Crippen LogP contribution in [-0.2, 0) is 24.0 Å². The molecule has 3 unspecified atom stereocenters. The van der Waals surface area contributed by atoms with Crippen molar-refractivity contribution >= 4 is 29.7 Å². The number of carboxylic acids is 2. The predicted molar refractivity (Wildman–Crippen MR) is 82.1 cm³/mol. The molecule has 0 spiro atoms. The van der Waals surface area contributed by atoms with E-state index in [0.29, 0.717) is 0 Å². The van der Waals surface area contributed by atoms with Gasteiger partial charge >= 0.3 is 11.9 Å². The summed E-state index contributed by atoms with van der Waals surface area (Å²) in [6.07, 6.45) is -0.717. The highest BCUT2D eigenvalue weighted by Crippen LogP contribution is 1.99. The smallest absolute Gasteiger partial charge is 0.322 e. The minimum absolute atomic E-state index is 0.274. The summed E-state index contributed by atoms with van der Waals surface area (Å²) < 4.78 is 0. The lowest BCUT2D eigenvalue weighted by molar-refractivity contribution is -0.140. The third-order valence-electron chi connectivity index (χ3n) is 2.98. The van der Waals surface area contributed by atoms with Crippen molar-refractivity contribution < 1.29 is 39.3 Å². The Hall–Kier alpha value is -2.73. The molecule has 8 N–H and O–H groups in total. The van der Waals surface area contributed by atoms with Crippen LogP contribution in [0, 0.1) is 0 Å². The first-order valence-corrected chi connectivity index (χ1v) is 7.27. The lowest BCUT2D eigenvalue weighted by atomic mass is 10.1. The van der Waals surface area contributed by atoms with Crippen molar-refractivity contribution in [1.29, 1.82) is 0 Å². The van der Waals surface area contributed by atoms with Crippen molar-refractivity contribution in [3.05, 3.63) is 0 Å². The first-order chi connectivity index (χ1) is 11.6. The van der Waals surface area contributed by atoms with Crippen molar-refractivity contribution in [2.45, 2.75) is 37.9 Å². The third-order valence-corrected chi connectivity index (χ3v) is 2.98. The number of carboxylic acid groups (broad SMARTS) is 2. The SMILES string of the molecule is CC(NC(=O)C(N)CO)C(=O)NC(CCC(=O)O)C(=O)NCC(=O)O. The van der Waals surface area contributed by atoms with Crippen LogP contribution in [0.5, 0.6) is 0 Å². The number of nitrogens with two attached hydrogens (primary N) is 1. The number of nitrogens with one attached hydrogen (secondary N) is 3. The van der Waals surface area contributed by atoms with Gasteiger partial charge in [0.2, 0.25) is 17.7 Å². The number of aliphatic carboxylic acids is 2. The number of carbonyl (C=O) groups excluding carboxylic acids is 3. The van der Waals surface area contributed by atoms with Gasteiger partial charge in [-0.15, -0.1) is 0 Å². The minimum Gasteiger partial charge on any atom is -0.481 e. The van der Waals surface area contributed by atoms with Gasteiger partial charge in [0, 0.05) is 6.42 Å². The van der Waals surface area contributed by atoms with Gasteiger partial charge in [-0.25, -0.2) is 0 Å². The lowest BCUT2D eigenvalue weighted by Crippen LogP contribution is -2.55. The van der Waals surface area contributed by atoms with Crippen LogP contribution < -0.4 is 21.7 Å². The number of aliphatic hydroxyl groups is 1. The molecule has 0 aliphatic rings. The van der Waals surface area contributed by atoms with E-state index < -0.39 is 67.4 Å². The van der Waals surface area contributed by atoms with Crippen molar-refractivity contribution in [2.75, 3.05) is 13.2 Å². The van der Waals surface area contributed by atoms with Crippen LogP contribution in [0.2, 0.25) is 0 Å². The van der Waals surface area contributed by atoms with E-state index >= 15 is 0 Å². The van der Waals surface area contributed by atoms with Gasteiger partial charge < -0.3 is 37.0 Å². The first kappa shape index (κ1) is 22.3. The standard InChI is InChI=1S/C13H22N4O8/c1-6(16-12(24)7(14)5-18)11(23)17-8(2-3-9(19)20)13(25)15-4-10(21)22/h6-8,18H,2-5,14H2,1H3,(H,15,25)(H,16,24)(H,17,23)(H,19,20)(H,21,22). The molecule has 25 heavy (non-hydrogen) atoms. The monoisotopic (exact) mass is 362 g/mol. The minimum atomic E-state index is -1.31. The van der Waals surface area contributed by atoms with Gasteiger partial charge in [0.15, 0.2) is 0 Å². The Labute approximate surface area is 142 Å². The quantitative estimate of drug-likeness (QED) is 0.193. The van der Waals surface area contributed by atoms with E-state index in [1.54, 1.807) is 0 Å². The number of aliphatic hydroxyl groups excluding tert-OH is 1. The molecule has 0 aliphatic carbocycles. The van der Waals surface area contributed by atoms with Gasteiger partial charge in [-0.2, -0.15) is 0 Å². The van der Waals surface area contributed by atoms with Gasteiger partial charge in [-0.1, -0.05) is 0 Å². The van der Waals surface area contributed by atoms with E-state index in [0.717, 1.165) is 0 Å². The highest BCUT2D eigenvalue weighted by atomic mass is 16.4. The fraction of sp³-hybridized carbons (Fsp3) is 0.615. The van der Waals surface area contributed by atoms with Crippen molar-refractivity contribution in [3.63, 3.8) is 0 Å². The van der Waals surface area contributed by atoms with Crippen LogP contribution in [0.3, 0.4) is 0 Å². The van der Waals surface area contributed by atoms with Crippen LogP contribution >= 0.6 is 0 Å². The maximum atomic E-state index is 12.0. The predicted octanol–water partition coefficient (Wildman–Crippen LogP) is -3.64. The number of carbonyl (C=O) groups is 5. The van der Waals surface area contributed by atoms with Gasteiger partial charge in [0.25, 0.3) is 0 Å². The summed E-state index contributed by atoms with van der Waals surface area (Å²) in [5.41, 5.74) is 5.28. The maximum Gasteiger partial charge on any atom is 0.322 e. The van der Waals surface area contributed by atoms with E-state index in [9.17, 15) is 24.0 Å². The van der Waals surface area contributed by atoms with Gasteiger partial charge in [-0.3, -0.25) is 24.0 Å². The topological polar surface area (TPSA) is 208 Å². The van der Waals surface area contributed by atoms with Crippen LogP contribution in [0.1, 0.15) is 19.8 Å². The summed E-state index contributed by atoms with van der Waals surface area (Å²) in [5.74, 6) is -4.99. The van der Waals surface area contributed by atoms with E-state index in [4.69, 9.17) is 21.1 Å². The molecular formula is C13H22N4O8. The molecule has 0 radical (unpaired) electrons. The van der Waals surface area contributed by atoms with Crippen LogP contribution in [0.4, 0.5) is 0 Å². The molecule has 142 valence electrons. The Morgan fingerprint density at radius 1 is 0.960 bits per heavy atom. The number of amides is 3. The molecule has 0 fully saturated rings. The molecule has 0 bridgehead atoms. The van der Waals surface area contributed by atoms with E-state index in [-0.39, 0.29) is 6.42 Å². The van der Waals surface area contributed by atoms with Crippen LogP contribution in [-0.4, -0.2) is 76.3 Å². The molecule has 0 saturated heterocycles. The maximum absolute atomic E-state index is 12.0. The fourth-order valence-electron chi connectivity index (χ4n) is 1.59. The Balaban J connectivity index is 4.82. The van der Waals surface area contributed by atoms with Crippen LogP contribution in [0.15, 0.2) is 0 Å². The van der Waals surface area contributed by atoms with Gasteiger partial charge in [0.1, 0.15) is 24.7 Å². The number of hydrogen-bond acceptors (Lipinski definition) is 7. The molecule has 0 saturated carbocycles. The molecule has 0 rings (SSSR count). The summed E-state index contributed by atoms with van der Waals surface area (Å²) in [7, 11) is 0. The number of rotatable bonds is 11. The first-order valence-electron chi connectivity index (χ1n) is 7.27. The fourth-order valence-corrected chi connectivity index (χ4v) is 1.59. The largest absolute Gasteiger partial charge is 0.481 e. The lowest BCUT2D eigenvalue weighted by Gasteiger charge is -2.21. The van der Waals surface area contributed by atoms with Gasteiger partial charge in [-0.05, 0) is 13.3 Å². The molecule has 0 aromatic carbocycles.